The molecule has 1 fully saturated rings. The standard InChI is InChI=1S/C21H23NO4S/c23-27(24,17-4-2-1-3-5-17)22-10-6-15(7-11-22)20-18-9-13-25-19(18)14-16-8-12-26-21(16)20/h1-5,14-15H,6-13H2. The molecule has 0 aromatic heterocycles. The van der Waals surface area contributed by atoms with Gasteiger partial charge in [-0.3, -0.25) is 0 Å². The van der Waals surface area contributed by atoms with Crippen LogP contribution in [0.4, 0.5) is 0 Å². The summed E-state index contributed by atoms with van der Waals surface area (Å²) >= 11 is 0. The van der Waals surface area contributed by atoms with Crippen LogP contribution in [0.5, 0.6) is 11.5 Å². The van der Waals surface area contributed by atoms with Crippen molar-refractivity contribution >= 4 is 10.0 Å². The molecule has 3 aliphatic rings. The zero-order valence-corrected chi connectivity index (χ0v) is 16.0. The Bertz CT molecular complexity index is 931. The van der Waals surface area contributed by atoms with Crippen molar-refractivity contribution in [2.75, 3.05) is 26.3 Å². The maximum atomic E-state index is 12.9. The van der Waals surface area contributed by atoms with Crippen molar-refractivity contribution in [2.24, 2.45) is 0 Å². The van der Waals surface area contributed by atoms with Gasteiger partial charge in [-0.05, 0) is 37.0 Å². The smallest absolute Gasteiger partial charge is 0.243 e. The minimum Gasteiger partial charge on any atom is -0.493 e. The highest BCUT2D eigenvalue weighted by atomic mass is 32.2. The summed E-state index contributed by atoms with van der Waals surface area (Å²) in [5, 5.41) is 0. The second-order valence-corrected chi connectivity index (χ2v) is 9.38. The fraction of sp³-hybridized carbons (Fsp3) is 0.429. The van der Waals surface area contributed by atoms with E-state index in [0.29, 0.717) is 23.9 Å². The van der Waals surface area contributed by atoms with Gasteiger partial charge >= 0.3 is 0 Å². The van der Waals surface area contributed by atoms with E-state index in [1.807, 2.05) is 6.07 Å². The van der Waals surface area contributed by atoms with Crippen LogP contribution in [-0.4, -0.2) is 39.0 Å². The summed E-state index contributed by atoms with van der Waals surface area (Å²) in [6.45, 7) is 2.54. The minimum absolute atomic E-state index is 0.329. The second-order valence-electron chi connectivity index (χ2n) is 7.44. The number of nitrogens with zero attached hydrogens (tertiary/aromatic N) is 1. The molecular weight excluding hydrogens is 362 g/mol. The van der Waals surface area contributed by atoms with Crippen LogP contribution in [0.3, 0.4) is 0 Å². The molecule has 0 bridgehead atoms. The lowest BCUT2D eigenvalue weighted by molar-refractivity contribution is 0.307. The molecule has 0 amide bonds. The fourth-order valence-corrected chi connectivity index (χ4v) is 6.07. The van der Waals surface area contributed by atoms with Crippen molar-refractivity contribution in [2.45, 2.75) is 36.5 Å². The molecule has 3 aliphatic heterocycles. The predicted molar refractivity (Wildman–Crippen MR) is 102 cm³/mol. The maximum absolute atomic E-state index is 12.9. The molecule has 2 aromatic rings. The molecule has 1 saturated heterocycles. The summed E-state index contributed by atoms with van der Waals surface area (Å²) in [5.74, 6) is 2.38. The zero-order chi connectivity index (χ0) is 18.4. The fourth-order valence-electron chi connectivity index (χ4n) is 4.58. The molecule has 0 unspecified atom stereocenters. The van der Waals surface area contributed by atoms with E-state index in [1.165, 1.54) is 16.7 Å². The first-order valence-electron chi connectivity index (χ1n) is 9.64. The molecule has 2 aromatic carbocycles. The van der Waals surface area contributed by atoms with Crippen LogP contribution in [0.2, 0.25) is 0 Å². The third-order valence-electron chi connectivity index (χ3n) is 5.93. The van der Waals surface area contributed by atoms with Crippen LogP contribution in [0, 0.1) is 0 Å². The van der Waals surface area contributed by atoms with Gasteiger partial charge in [-0.15, -0.1) is 0 Å². The van der Waals surface area contributed by atoms with Crippen LogP contribution in [0.15, 0.2) is 41.3 Å². The lowest BCUT2D eigenvalue weighted by atomic mass is 9.84. The number of rotatable bonds is 3. The molecule has 6 heteroatoms. The lowest BCUT2D eigenvalue weighted by Gasteiger charge is -2.32. The van der Waals surface area contributed by atoms with Crippen molar-refractivity contribution < 1.29 is 17.9 Å². The van der Waals surface area contributed by atoms with Gasteiger partial charge in [-0.1, -0.05) is 18.2 Å². The van der Waals surface area contributed by atoms with Crippen molar-refractivity contribution in [1.29, 1.82) is 0 Å². The number of fused-ring (bicyclic) bond motifs is 2. The highest BCUT2D eigenvalue weighted by Crippen LogP contribution is 2.47. The minimum atomic E-state index is -3.41. The topological polar surface area (TPSA) is 55.8 Å². The first-order chi connectivity index (χ1) is 13.1. The molecule has 3 heterocycles. The molecule has 5 nitrogen and oxygen atoms in total. The molecule has 142 valence electrons. The summed E-state index contributed by atoms with van der Waals surface area (Å²) in [6.07, 6.45) is 3.49. The lowest BCUT2D eigenvalue weighted by Crippen LogP contribution is -2.38. The van der Waals surface area contributed by atoms with Gasteiger partial charge in [0.25, 0.3) is 0 Å². The van der Waals surface area contributed by atoms with E-state index in [1.54, 1.807) is 28.6 Å². The number of ether oxygens (including phenoxy) is 2. The second kappa shape index (κ2) is 6.53. The van der Waals surface area contributed by atoms with E-state index in [-0.39, 0.29) is 0 Å². The number of piperidine rings is 1. The summed E-state index contributed by atoms with van der Waals surface area (Å²) in [5.41, 5.74) is 3.80. The molecule has 0 saturated carbocycles. The number of sulfonamides is 1. The van der Waals surface area contributed by atoms with Gasteiger partial charge in [0.2, 0.25) is 10.0 Å². The SMILES string of the molecule is O=S(=O)(c1ccccc1)N1CCC(c2c3c(cc4c2OCC4)OCC3)CC1. The van der Waals surface area contributed by atoms with Crippen LogP contribution in [-0.2, 0) is 22.9 Å². The molecule has 0 radical (unpaired) electrons. The zero-order valence-electron chi connectivity index (χ0n) is 15.2. The number of hydrogen-bond donors (Lipinski definition) is 0. The van der Waals surface area contributed by atoms with Crippen LogP contribution < -0.4 is 9.47 Å². The average molecular weight is 385 g/mol. The average Bonchev–Trinajstić information content (AvgIpc) is 3.36. The van der Waals surface area contributed by atoms with Gasteiger partial charge in [-0.2, -0.15) is 4.31 Å². The normalized spacial score (nSPS) is 20.0. The molecule has 27 heavy (non-hydrogen) atoms. The van der Waals surface area contributed by atoms with E-state index in [9.17, 15) is 8.42 Å². The Labute approximate surface area is 160 Å². The Kier molecular flexibility index (Phi) is 4.13. The largest absolute Gasteiger partial charge is 0.493 e. The first kappa shape index (κ1) is 17.1. The molecule has 0 aliphatic carbocycles. The van der Waals surface area contributed by atoms with Crippen molar-refractivity contribution in [3.63, 3.8) is 0 Å². The third kappa shape index (κ3) is 2.82. The van der Waals surface area contributed by atoms with Gasteiger partial charge in [0.15, 0.2) is 0 Å². The maximum Gasteiger partial charge on any atom is 0.243 e. The van der Waals surface area contributed by atoms with Gasteiger partial charge in [0.1, 0.15) is 11.5 Å². The monoisotopic (exact) mass is 385 g/mol. The van der Waals surface area contributed by atoms with Crippen LogP contribution in [0.25, 0.3) is 0 Å². The number of hydrogen-bond acceptors (Lipinski definition) is 4. The quantitative estimate of drug-likeness (QED) is 0.815. The summed E-state index contributed by atoms with van der Waals surface area (Å²) in [6, 6.07) is 10.9. The molecule has 5 rings (SSSR count). The highest BCUT2D eigenvalue weighted by Gasteiger charge is 2.35. The van der Waals surface area contributed by atoms with Gasteiger partial charge < -0.3 is 9.47 Å². The van der Waals surface area contributed by atoms with Crippen LogP contribution >= 0.6 is 0 Å². The third-order valence-corrected chi connectivity index (χ3v) is 7.85. The van der Waals surface area contributed by atoms with E-state index in [4.69, 9.17) is 9.47 Å². The Hall–Kier alpha value is -2.05. The van der Waals surface area contributed by atoms with E-state index in [2.05, 4.69) is 6.07 Å². The van der Waals surface area contributed by atoms with Crippen molar-refractivity contribution in [3.8, 4) is 11.5 Å². The Morgan fingerprint density at radius 2 is 1.70 bits per heavy atom. The predicted octanol–water partition coefficient (Wildman–Crippen LogP) is 3.12. The van der Waals surface area contributed by atoms with Gasteiger partial charge in [0.05, 0.1) is 18.1 Å². The first-order valence-corrected chi connectivity index (χ1v) is 11.1. The Balaban J connectivity index is 1.41. The molecule has 0 spiro atoms. The van der Waals surface area contributed by atoms with E-state index in [0.717, 1.165) is 50.4 Å². The van der Waals surface area contributed by atoms with Crippen LogP contribution in [0.1, 0.15) is 35.4 Å². The van der Waals surface area contributed by atoms with Crippen molar-refractivity contribution in [3.05, 3.63) is 53.1 Å². The molecule has 0 atom stereocenters. The summed E-state index contributed by atoms with van der Waals surface area (Å²) in [4.78, 5) is 0.377. The molecular formula is C21H23NO4S. The highest BCUT2D eigenvalue weighted by molar-refractivity contribution is 7.89. The van der Waals surface area contributed by atoms with Crippen molar-refractivity contribution in [1.82, 2.24) is 4.31 Å². The summed E-state index contributed by atoms with van der Waals surface area (Å²) in [7, 11) is -3.41. The number of benzene rings is 2. The van der Waals surface area contributed by atoms with E-state index >= 15 is 0 Å². The summed E-state index contributed by atoms with van der Waals surface area (Å²) < 4.78 is 39.2. The Morgan fingerprint density at radius 1 is 0.963 bits per heavy atom. The molecule has 0 N–H and O–H groups in total. The van der Waals surface area contributed by atoms with Gasteiger partial charge in [0, 0.05) is 42.6 Å². The van der Waals surface area contributed by atoms with Gasteiger partial charge in [-0.25, -0.2) is 8.42 Å². The van der Waals surface area contributed by atoms with E-state index < -0.39 is 10.0 Å². The Morgan fingerprint density at radius 3 is 2.48 bits per heavy atom.